The van der Waals surface area contributed by atoms with Crippen molar-refractivity contribution in [1.29, 1.82) is 0 Å². The normalized spacial score (nSPS) is 14.3. The van der Waals surface area contributed by atoms with Crippen LogP contribution in [0.25, 0.3) is 0 Å². The van der Waals surface area contributed by atoms with Crippen LogP contribution in [0.4, 0.5) is 0 Å². The number of methoxy groups -OCH3 is 1. The Morgan fingerprint density at radius 2 is 2.18 bits per heavy atom. The zero-order chi connectivity index (χ0) is 12.8. The van der Waals surface area contributed by atoms with Crippen molar-refractivity contribution in [1.82, 2.24) is 5.32 Å². The third kappa shape index (κ3) is 4.11. The second-order valence-electron chi connectivity index (χ2n) is 3.76. The summed E-state index contributed by atoms with van der Waals surface area (Å²) in [6.45, 7) is 2.07. The molecule has 1 aromatic carbocycles. The van der Waals surface area contributed by atoms with Crippen molar-refractivity contribution in [3.05, 3.63) is 34.3 Å². The van der Waals surface area contributed by atoms with Crippen molar-refractivity contribution in [2.75, 3.05) is 13.7 Å². The minimum Gasteiger partial charge on any atom is -0.480 e. The summed E-state index contributed by atoms with van der Waals surface area (Å²) in [5, 5.41) is 12.0. The molecule has 0 saturated carbocycles. The average molecular weight is 302 g/mol. The molecule has 0 radical (unpaired) electrons. The molecule has 17 heavy (non-hydrogen) atoms. The van der Waals surface area contributed by atoms with E-state index in [1.54, 1.807) is 0 Å². The van der Waals surface area contributed by atoms with Crippen LogP contribution in [0, 0.1) is 0 Å². The van der Waals surface area contributed by atoms with E-state index >= 15 is 0 Å². The predicted octanol–water partition coefficient (Wildman–Crippen LogP) is 2.20. The molecule has 5 heteroatoms. The summed E-state index contributed by atoms with van der Waals surface area (Å²) in [6, 6.07) is 6.95. The van der Waals surface area contributed by atoms with Crippen molar-refractivity contribution < 1.29 is 14.6 Å². The molecule has 1 rings (SSSR count). The molecule has 2 N–H and O–H groups in total. The van der Waals surface area contributed by atoms with E-state index in [9.17, 15) is 4.79 Å². The van der Waals surface area contributed by atoms with Gasteiger partial charge in [-0.25, -0.2) is 0 Å². The number of carbonyl (C=O) groups is 1. The first-order chi connectivity index (χ1) is 8.06. The van der Waals surface area contributed by atoms with E-state index in [0.717, 1.165) is 10.0 Å². The van der Waals surface area contributed by atoms with Crippen LogP contribution in [0.1, 0.15) is 18.5 Å². The second kappa shape index (κ2) is 6.74. The SMILES string of the molecule is COCC(N[C@H](C)c1ccccc1Br)C(=O)O. The van der Waals surface area contributed by atoms with Gasteiger partial charge >= 0.3 is 5.97 Å². The molecule has 0 fully saturated rings. The first-order valence-electron chi connectivity index (χ1n) is 5.28. The molecule has 0 heterocycles. The Morgan fingerprint density at radius 1 is 1.53 bits per heavy atom. The fourth-order valence-corrected chi connectivity index (χ4v) is 2.20. The Balaban J connectivity index is 2.73. The van der Waals surface area contributed by atoms with Gasteiger partial charge in [-0.2, -0.15) is 0 Å². The largest absolute Gasteiger partial charge is 0.480 e. The number of halogens is 1. The predicted molar refractivity (Wildman–Crippen MR) is 69.0 cm³/mol. The number of benzene rings is 1. The van der Waals surface area contributed by atoms with Crippen molar-refractivity contribution in [2.24, 2.45) is 0 Å². The van der Waals surface area contributed by atoms with E-state index in [0.29, 0.717) is 0 Å². The molecule has 0 aliphatic carbocycles. The highest BCUT2D eigenvalue weighted by molar-refractivity contribution is 9.10. The van der Waals surface area contributed by atoms with Crippen LogP contribution < -0.4 is 5.32 Å². The van der Waals surface area contributed by atoms with Gasteiger partial charge < -0.3 is 9.84 Å². The Morgan fingerprint density at radius 3 is 2.71 bits per heavy atom. The lowest BCUT2D eigenvalue weighted by atomic mass is 10.1. The topological polar surface area (TPSA) is 58.6 Å². The number of carboxylic acid groups (broad SMARTS) is 1. The van der Waals surface area contributed by atoms with Crippen LogP contribution >= 0.6 is 15.9 Å². The quantitative estimate of drug-likeness (QED) is 0.846. The maximum atomic E-state index is 11.0. The number of ether oxygens (including phenoxy) is 1. The zero-order valence-corrected chi connectivity index (χ0v) is 11.4. The second-order valence-corrected chi connectivity index (χ2v) is 4.61. The minimum absolute atomic E-state index is 0.0678. The Hall–Kier alpha value is -0.910. The number of hydrogen-bond acceptors (Lipinski definition) is 3. The van der Waals surface area contributed by atoms with Gasteiger partial charge in [0.25, 0.3) is 0 Å². The molecule has 1 unspecified atom stereocenters. The van der Waals surface area contributed by atoms with Gasteiger partial charge in [-0.15, -0.1) is 0 Å². The van der Waals surface area contributed by atoms with Gasteiger partial charge in [0.15, 0.2) is 0 Å². The molecule has 0 spiro atoms. The number of rotatable bonds is 6. The lowest BCUT2D eigenvalue weighted by Gasteiger charge is -2.20. The van der Waals surface area contributed by atoms with Gasteiger partial charge in [0.1, 0.15) is 6.04 Å². The molecule has 0 saturated heterocycles. The summed E-state index contributed by atoms with van der Waals surface area (Å²) < 4.78 is 5.84. The van der Waals surface area contributed by atoms with Crippen LogP contribution in [-0.2, 0) is 9.53 Å². The van der Waals surface area contributed by atoms with E-state index in [-0.39, 0.29) is 12.6 Å². The molecule has 0 bridgehead atoms. The third-order valence-electron chi connectivity index (χ3n) is 2.45. The lowest BCUT2D eigenvalue weighted by Crippen LogP contribution is -2.41. The number of hydrogen-bond donors (Lipinski definition) is 2. The summed E-state index contributed by atoms with van der Waals surface area (Å²) in [7, 11) is 1.49. The maximum absolute atomic E-state index is 11.0. The molecule has 0 aliphatic heterocycles. The van der Waals surface area contributed by atoms with Gasteiger partial charge in [-0.3, -0.25) is 10.1 Å². The molecule has 0 amide bonds. The maximum Gasteiger partial charge on any atom is 0.323 e. The summed E-state index contributed by atoms with van der Waals surface area (Å²) in [5.74, 6) is -0.911. The van der Waals surface area contributed by atoms with Crippen molar-refractivity contribution in [2.45, 2.75) is 19.0 Å². The van der Waals surface area contributed by atoms with Crippen molar-refractivity contribution in [3.8, 4) is 0 Å². The van der Waals surface area contributed by atoms with Crippen LogP contribution in [0.5, 0.6) is 0 Å². The monoisotopic (exact) mass is 301 g/mol. The third-order valence-corrected chi connectivity index (χ3v) is 3.18. The van der Waals surface area contributed by atoms with Gasteiger partial charge in [0, 0.05) is 17.6 Å². The van der Waals surface area contributed by atoms with Crippen LogP contribution in [0.3, 0.4) is 0 Å². The minimum atomic E-state index is -0.911. The molecule has 2 atom stereocenters. The Kier molecular flexibility index (Phi) is 5.61. The van der Waals surface area contributed by atoms with Gasteiger partial charge in [0.05, 0.1) is 6.61 Å². The van der Waals surface area contributed by atoms with E-state index in [1.165, 1.54) is 7.11 Å². The van der Waals surface area contributed by atoms with Crippen LogP contribution in [-0.4, -0.2) is 30.8 Å². The molecular formula is C12H16BrNO3. The van der Waals surface area contributed by atoms with Crippen LogP contribution in [0.2, 0.25) is 0 Å². The van der Waals surface area contributed by atoms with Crippen molar-refractivity contribution in [3.63, 3.8) is 0 Å². The summed E-state index contributed by atoms with van der Waals surface area (Å²) in [4.78, 5) is 11.0. The first-order valence-corrected chi connectivity index (χ1v) is 6.07. The lowest BCUT2D eigenvalue weighted by molar-refractivity contribution is -0.141. The standard InChI is InChI=1S/C12H16BrNO3/c1-8(9-5-3-4-6-10(9)13)14-11(7-17-2)12(15)16/h3-6,8,11,14H,7H2,1-2H3,(H,15,16)/t8-,11?/m1/s1. The summed E-state index contributed by atoms with van der Waals surface area (Å²) >= 11 is 3.44. The van der Waals surface area contributed by atoms with Crippen molar-refractivity contribution >= 4 is 21.9 Å². The van der Waals surface area contributed by atoms with Gasteiger partial charge in [-0.05, 0) is 18.6 Å². The molecule has 4 nitrogen and oxygen atoms in total. The average Bonchev–Trinajstić information content (AvgIpc) is 2.28. The highest BCUT2D eigenvalue weighted by Crippen LogP contribution is 2.23. The molecule has 94 valence electrons. The number of nitrogens with one attached hydrogen (secondary N) is 1. The smallest absolute Gasteiger partial charge is 0.323 e. The molecule has 0 aromatic heterocycles. The molecule has 0 aliphatic rings. The van der Waals surface area contributed by atoms with E-state index in [1.807, 2.05) is 31.2 Å². The van der Waals surface area contributed by atoms with E-state index < -0.39 is 12.0 Å². The number of aliphatic carboxylic acids is 1. The van der Waals surface area contributed by atoms with Crippen LogP contribution in [0.15, 0.2) is 28.7 Å². The fraction of sp³-hybridized carbons (Fsp3) is 0.417. The number of carboxylic acids is 1. The van der Waals surface area contributed by atoms with Gasteiger partial charge in [0.2, 0.25) is 0 Å². The highest BCUT2D eigenvalue weighted by atomic mass is 79.9. The van der Waals surface area contributed by atoms with E-state index in [2.05, 4.69) is 21.2 Å². The molecule has 1 aromatic rings. The van der Waals surface area contributed by atoms with E-state index in [4.69, 9.17) is 9.84 Å². The Labute approximate surface area is 109 Å². The first kappa shape index (κ1) is 14.2. The highest BCUT2D eigenvalue weighted by Gasteiger charge is 2.20. The zero-order valence-electron chi connectivity index (χ0n) is 9.81. The molecular weight excluding hydrogens is 286 g/mol. The summed E-state index contributed by atoms with van der Waals surface area (Å²) in [5.41, 5.74) is 1.02. The fourth-order valence-electron chi connectivity index (χ4n) is 1.58. The Bertz CT molecular complexity index is 384. The van der Waals surface area contributed by atoms with Gasteiger partial charge in [-0.1, -0.05) is 34.1 Å². The summed E-state index contributed by atoms with van der Waals surface area (Å²) in [6.07, 6.45) is 0.